The summed E-state index contributed by atoms with van der Waals surface area (Å²) in [6.07, 6.45) is 8.47. The summed E-state index contributed by atoms with van der Waals surface area (Å²) in [6.45, 7) is 1.24. The van der Waals surface area contributed by atoms with Crippen molar-refractivity contribution in [1.29, 1.82) is 0 Å². The van der Waals surface area contributed by atoms with Crippen LogP contribution in [0.1, 0.15) is 48.0 Å². The summed E-state index contributed by atoms with van der Waals surface area (Å²) in [5, 5.41) is 14.8. The standard InChI is InChI=1S/C27H30N2O3/c30-27(29-31)23-15-13-20(14-16-23)17-21(18-28-24-9-2-1-3-10-24)19-32-26-12-6-8-22-7-4-5-11-25(22)26/h4-8,11-17,24,28,31H,1-3,9-10,18-19H2,(H,29,30)/b21-17+. The van der Waals surface area contributed by atoms with Gasteiger partial charge < -0.3 is 10.1 Å². The Balaban J connectivity index is 1.51. The topological polar surface area (TPSA) is 70.6 Å². The van der Waals surface area contributed by atoms with Crippen LogP contribution in [0, 0.1) is 0 Å². The van der Waals surface area contributed by atoms with Gasteiger partial charge >= 0.3 is 0 Å². The summed E-state index contributed by atoms with van der Waals surface area (Å²) in [6, 6.07) is 22.1. The fraction of sp³-hybridized carbons (Fsp3) is 0.296. The van der Waals surface area contributed by atoms with Gasteiger partial charge in [-0.1, -0.05) is 73.9 Å². The molecule has 1 aliphatic rings. The van der Waals surface area contributed by atoms with Crippen molar-refractivity contribution in [2.75, 3.05) is 13.2 Å². The number of amides is 1. The van der Waals surface area contributed by atoms with Crippen molar-refractivity contribution >= 4 is 22.8 Å². The van der Waals surface area contributed by atoms with Crippen LogP contribution in [-0.4, -0.2) is 30.3 Å². The van der Waals surface area contributed by atoms with Crippen molar-refractivity contribution in [3.8, 4) is 5.75 Å². The van der Waals surface area contributed by atoms with Gasteiger partial charge in [-0.25, -0.2) is 5.48 Å². The number of fused-ring (bicyclic) bond motifs is 1. The van der Waals surface area contributed by atoms with Crippen molar-refractivity contribution in [3.63, 3.8) is 0 Å². The van der Waals surface area contributed by atoms with E-state index in [2.05, 4.69) is 29.6 Å². The summed E-state index contributed by atoms with van der Waals surface area (Å²) in [5.74, 6) is 0.362. The molecular formula is C27H30N2O3. The molecule has 0 atom stereocenters. The maximum absolute atomic E-state index is 11.6. The van der Waals surface area contributed by atoms with Crippen molar-refractivity contribution in [1.82, 2.24) is 10.8 Å². The Morgan fingerprint density at radius 1 is 0.969 bits per heavy atom. The van der Waals surface area contributed by atoms with Gasteiger partial charge in [-0.3, -0.25) is 10.0 Å². The summed E-state index contributed by atoms with van der Waals surface area (Å²) in [7, 11) is 0. The number of benzene rings is 3. The molecule has 32 heavy (non-hydrogen) atoms. The van der Waals surface area contributed by atoms with Gasteiger partial charge in [0.25, 0.3) is 5.91 Å². The third-order valence-corrected chi connectivity index (χ3v) is 6.03. The minimum Gasteiger partial charge on any atom is -0.489 e. The fourth-order valence-electron chi connectivity index (χ4n) is 4.25. The van der Waals surface area contributed by atoms with E-state index in [1.807, 2.05) is 36.4 Å². The smallest absolute Gasteiger partial charge is 0.274 e. The lowest BCUT2D eigenvalue weighted by Gasteiger charge is -2.23. The minimum absolute atomic E-state index is 0.415. The second-order valence-corrected chi connectivity index (χ2v) is 8.35. The van der Waals surface area contributed by atoms with E-state index in [9.17, 15) is 4.79 Å². The second kappa shape index (κ2) is 10.9. The minimum atomic E-state index is -0.515. The van der Waals surface area contributed by atoms with Gasteiger partial charge in [0.15, 0.2) is 0 Å². The van der Waals surface area contributed by atoms with E-state index in [1.165, 1.54) is 32.1 Å². The summed E-state index contributed by atoms with van der Waals surface area (Å²) in [4.78, 5) is 11.6. The highest BCUT2D eigenvalue weighted by Crippen LogP contribution is 2.26. The van der Waals surface area contributed by atoms with Gasteiger partial charge in [0.05, 0.1) is 0 Å². The van der Waals surface area contributed by atoms with E-state index in [0.29, 0.717) is 18.2 Å². The fourth-order valence-corrected chi connectivity index (χ4v) is 4.25. The van der Waals surface area contributed by atoms with E-state index in [4.69, 9.17) is 9.94 Å². The zero-order chi connectivity index (χ0) is 22.2. The number of hydrogen-bond donors (Lipinski definition) is 3. The maximum Gasteiger partial charge on any atom is 0.274 e. The molecule has 0 unspecified atom stereocenters. The molecule has 5 heteroatoms. The van der Waals surface area contributed by atoms with Crippen LogP contribution >= 0.6 is 0 Å². The molecule has 5 nitrogen and oxygen atoms in total. The number of carbonyl (C=O) groups excluding carboxylic acids is 1. The number of rotatable bonds is 8. The molecule has 3 N–H and O–H groups in total. The molecule has 3 aromatic carbocycles. The number of hydrogen-bond acceptors (Lipinski definition) is 4. The molecule has 1 fully saturated rings. The lowest BCUT2D eigenvalue weighted by Crippen LogP contribution is -2.33. The average Bonchev–Trinajstić information content (AvgIpc) is 2.86. The maximum atomic E-state index is 11.6. The highest BCUT2D eigenvalue weighted by Gasteiger charge is 2.13. The first-order chi connectivity index (χ1) is 15.7. The molecule has 0 bridgehead atoms. The summed E-state index contributed by atoms with van der Waals surface area (Å²) >= 11 is 0. The molecular weight excluding hydrogens is 400 g/mol. The van der Waals surface area contributed by atoms with Crippen LogP contribution in [0.4, 0.5) is 0 Å². The SMILES string of the molecule is O=C(NO)c1ccc(/C=C(\CNC2CCCCC2)COc2cccc3ccccc23)cc1. The first-order valence-electron chi connectivity index (χ1n) is 11.3. The molecule has 0 aromatic heterocycles. The molecule has 1 saturated carbocycles. The van der Waals surface area contributed by atoms with E-state index >= 15 is 0 Å². The molecule has 166 valence electrons. The monoisotopic (exact) mass is 430 g/mol. The lowest BCUT2D eigenvalue weighted by molar-refractivity contribution is 0.0706. The highest BCUT2D eigenvalue weighted by atomic mass is 16.5. The van der Waals surface area contributed by atoms with E-state index in [-0.39, 0.29) is 0 Å². The van der Waals surface area contributed by atoms with Gasteiger partial charge in [-0.15, -0.1) is 0 Å². The van der Waals surface area contributed by atoms with Gasteiger partial charge in [0.2, 0.25) is 0 Å². The van der Waals surface area contributed by atoms with Crippen LogP contribution in [0.3, 0.4) is 0 Å². The molecule has 3 aromatic rings. The predicted octanol–water partition coefficient (Wildman–Crippen LogP) is 5.34. The molecule has 1 amide bonds. The highest BCUT2D eigenvalue weighted by molar-refractivity contribution is 5.93. The number of carbonyl (C=O) groups is 1. The van der Waals surface area contributed by atoms with Crippen molar-refractivity contribution < 1.29 is 14.7 Å². The Hall–Kier alpha value is -3.15. The number of nitrogens with one attached hydrogen (secondary N) is 2. The Morgan fingerprint density at radius 2 is 1.72 bits per heavy atom. The molecule has 0 heterocycles. The van der Waals surface area contributed by atoms with Gasteiger partial charge in [-0.2, -0.15) is 0 Å². The number of ether oxygens (including phenoxy) is 1. The van der Waals surface area contributed by atoms with Crippen molar-refractivity contribution in [2.24, 2.45) is 0 Å². The third kappa shape index (κ3) is 5.75. The average molecular weight is 431 g/mol. The molecule has 1 aliphatic carbocycles. The van der Waals surface area contributed by atoms with Crippen LogP contribution in [0.25, 0.3) is 16.8 Å². The first kappa shape index (κ1) is 22.1. The van der Waals surface area contributed by atoms with E-state index < -0.39 is 5.91 Å². The molecule has 0 radical (unpaired) electrons. The molecule has 0 aliphatic heterocycles. The Morgan fingerprint density at radius 3 is 2.50 bits per heavy atom. The van der Waals surface area contributed by atoms with Crippen LogP contribution in [0.15, 0.2) is 72.3 Å². The molecule has 0 saturated heterocycles. The number of hydroxylamine groups is 1. The quantitative estimate of drug-likeness (QED) is 0.333. The zero-order valence-corrected chi connectivity index (χ0v) is 18.2. The second-order valence-electron chi connectivity index (χ2n) is 8.35. The van der Waals surface area contributed by atoms with E-state index in [1.54, 1.807) is 17.6 Å². The Bertz CT molecular complexity index is 1060. The van der Waals surface area contributed by atoms with Crippen LogP contribution in [-0.2, 0) is 0 Å². The Kier molecular flexibility index (Phi) is 7.54. The lowest BCUT2D eigenvalue weighted by atomic mass is 9.95. The van der Waals surface area contributed by atoms with Crippen LogP contribution in [0.5, 0.6) is 5.75 Å². The third-order valence-electron chi connectivity index (χ3n) is 6.03. The summed E-state index contributed by atoms with van der Waals surface area (Å²) in [5.41, 5.74) is 4.21. The molecule has 4 rings (SSSR count). The largest absolute Gasteiger partial charge is 0.489 e. The van der Waals surface area contributed by atoms with Gasteiger partial charge in [-0.05, 0) is 47.6 Å². The first-order valence-corrected chi connectivity index (χ1v) is 11.3. The normalized spacial score (nSPS) is 15.0. The van der Waals surface area contributed by atoms with Gasteiger partial charge in [0, 0.05) is 23.5 Å². The van der Waals surface area contributed by atoms with Crippen LogP contribution < -0.4 is 15.5 Å². The van der Waals surface area contributed by atoms with E-state index in [0.717, 1.165) is 34.2 Å². The van der Waals surface area contributed by atoms with Crippen LogP contribution in [0.2, 0.25) is 0 Å². The Labute approximate surface area is 189 Å². The summed E-state index contributed by atoms with van der Waals surface area (Å²) < 4.78 is 6.27. The van der Waals surface area contributed by atoms with Gasteiger partial charge in [0.1, 0.15) is 12.4 Å². The zero-order valence-electron chi connectivity index (χ0n) is 18.2. The van der Waals surface area contributed by atoms with Crippen molar-refractivity contribution in [3.05, 3.63) is 83.4 Å². The predicted molar refractivity (Wildman–Crippen MR) is 128 cm³/mol. The molecule has 0 spiro atoms. The van der Waals surface area contributed by atoms with Crippen molar-refractivity contribution in [2.45, 2.75) is 38.1 Å².